The van der Waals surface area contributed by atoms with Crippen molar-refractivity contribution in [2.24, 2.45) is 22.8 Å². The van der Waals surface area contributed by atoms with E-state index in [1.807, 2.05) is 0 Å². The standard InChI is InChI=1S/C12H28N2/c1-9(2)6-10(13)7-11(14)8-12(3,4)5/h9-11H,6-8,13-14H2,1-5H3. The van der Waals surface area contributed by atoms with Crippen molar-refractivity contribution in [1.82, 2.24) is 0 Å². The van der Waals surface area contributed by atoms with Gasteiger partial charge in [0.15, 0.2) is 0 Å². The monoisotopic (exact) mass is 200 g/mol. The van der Waals surface area contributed by atoms with E-state index >= 15 is 0 Å². The summed E-state index contributed by atoms with van der Waals surface area (Å²) in [5, 5.41) is 0. The summed E-state index contributed by atoms with van der Waals surface area (Å²) in [6.07, 6.45) is 3.09. The van der Waals surface area contributed by atoms with E-state index in [-0.39, 0.29) is 12.1 Å². The molecule has 2 atom stereocenters. The number of hydrogen-bond donors (Lipinski definition) is 2. The zero-order valence-electron chi connectivity index (χ0n) is 10.5. The quantitative estimate of drug-likeness (QED) is 0.716. The molecule has 0 rings (SSSR count). The Kier molecular flexibility index (Phi) is 5.68. The van der Waals surface area contributed by atoms with Gasteiger partial charge in [0.1, 0.15) is 0 Å². The topological polar surface area (TPSA) is 52.0 Å². The van der Waals surface area contributed by atoms with Crippen molar-refractivity contribution in [2.75, 3.05) is 0 Å². The maximum absolute atomic E-state index is 6.06. The van der Waals surface area contributed by atoms with Gasteiger partial charge in [-0.15, -0.1) is 0 Å². The molecule has 0 amide bonds. The van der Waals surface area contributed by atoms with Crippen LogP contribution in [0.25, 0.3) is 0 Å². The van der Waals surface area contributed by atoms with Crippen LogP contribution in [-0.2, 0) is 0 Å². The van der Waals surface area contributed by atoms with Crippen LogP contribution < -0.4 is 11.5 Å². The second kappa shape index (κ2) is 5.72. The lowest BCUT2D eigenvalue weighted by Gasteiger charge is -2.25. The summed E-state index contributed by atoms with van der Waals surface area (Å²) in [5.74, 6) is 0.673. The van der Waals surface area contributed by atoms with Crippen LogP contribution in [0.1, 0.15) is 53.9 Å². The van der Waals surface area contributed by atoms with Gasteiger partial charge in [0.05, 0.1) is 0 Å². The molecule has 0 aliphatic carbocycles. The molecule has 0 radical (unpaired) electrons. The van der Waals surface area contributed by atoms with E-state index in [2.05, 4.69) is 34.6 Å². The molecular formula is C12H28N2. The molecule has 2 heteroatoms. The van der Waals surface area contributed by atoms with Gasteiger partial charge in [-0.2, -0.15) is 0 Å². The molecule has 0 fully saturated rings. The fourth-order valence-corrected chi connectivity index (χ4v) is 1.96. The van der Waals surface area contributed by atoms with Crippen LogP contribution >= 0.6 is 0 Å². The molecule has 0 aromatic carbocycles. The molecule has 0 saturated carbocycles. The molecule has 4 N–H and O–H groups in total. The first-order valence-corrected chi connectivity index (χ1v) is 5.72. The predicted molar refractivity (Wildman–Crippen MR) is 64.1 cm³/mol. The van der Waals surface area contributed by atoms with Crippen molar-refractivity contribution in [3.05, 3.63) is 0 Å². The van der Waals surface area contributed by atoms with E-state index < -0.39 is 0 Å². The average molecular weight is 200 g/mol. The molecule has 0 heterocycles. The molecular weight excluding hydrogens is 172 g/mol. The van der Waals surface area contributed by atoms with E-state index in [1.54, 1.807) is 0 Å². The summed E-state index contributed by atoms with van der Waals surface area (Å²) in [7, 11) is 0. The van der Waals surface area contributed by atoms with Gasteiger partial charge in [0.25, 0.3) is 0 Å². The number of nitrogens with two attached hydrogens (primary N) is 2. The Morgan fingerprint density at radius 1 is 0.929 bits per heavy atom. The lowest BCUT2D eigenvalue weighted by molar-refractivity contribution is 0.313. The second-order valence-electron chi connectivity index (χ2n) is 6.15. The van der Waals surface area contributed by atoms with Gasteiger partial charge < -0.3 is 11.5 Å². The Hall–Kier alpha value is -0.0800. The Morgan fingerprint density at radius 2 is 1.43 bits per heavy atom. The van der Waals surface area contributed by atoms with E-state index in [4.69, 9.17) is 11.5 Å². The van der Waals surface area contributed by atoms with E-state index in [9.17, 15) is 0 Å². The molecule has 0 spiro atoms. The Labute approximate surface area is 89.4 Å². The van der Waals surface area contributed by atoms with Crippen LogP contribution in [0.15, 0.2) is 0 Å². The molecule has 0 aromatic heterocycles. The van der Waals surface area contributed by atoms with Gasteiger partial charge >= 0.3 is 0 Å². The lowest BCUT2D eigenvalue weighted by atomic mass is 9.85. The molecule has 0 aliphatic rings. The normalized spacial score (nSPS) is 17.1. The third kappa shape index (κ3) is 8.52. The second-order valence-corrected chi connectivity index (χ2v) is 6.15. The van der Waals surface area contributed by atoms with Crippen LogP contribution in [0.4, 0.5) is 0 Å². The molecule has 2 unspecified atom stereocenters. The summed E-state index contributed by atoms with van der Waals surface area (Å²) in [5.41, 5.74) is 12.4. The third-order valence-corrected chi connectivity index (χ3v) is 2.25. The summed E-state index contributed by atoms with van der Waals surface area (Å²) in [6.45, 7) is 11.1. The first-order chi connectivity index (χ1) is 6.20. The van der Waals surface area contributed by atoms with Crippen molar-refractivity contribution in [3.63, 3.8) is 0 Å². The first kappa shape index (κ1) is 13.9. The highest BCUT2D eigenvalue weighted by Gasteiger charge is 2.18. The van der Waals surface area contributed by atoms with Crippen LogP contribution in [0.5, 0.6) is 0 Å². The minimum atomic E-state index is 0.253. The van der Waals surface area contributed by atoms with E-state index in [0.717, 1.165) is 19.3 Å². The maximum atomic E-state index is 6.06. The highest BCUT2D eigenvalue weighted by Crippen LogP contribution is 2.22. The summed E-state index contributed by atoms with van der Waals surface area (Å²) >= 11 is 0. The predicted octanol–water partition coefficient (Wildman–Crippen LogP) is 2.51. The zero-order chi connectivity index (χ0) is 11.4. The average Bonchev–Trinajstić information content (AvgIpc) is 1.77. The van der Waals surface area contributed by atoms with Gasteiger partial charge in [-0.25, -0.2) is 0 Å². The Bertz CT molecular complexity index is 147. The van der Waals surface area contributed by atoms with Crippen molar-refractivity contribution in [1.29, 1.82) is 0 Å². The van der Waals surface area contributed by atoms with Crippen LogP contribution in [0.2, 0.25) is 0 Å². The minimum absolute atomic E-state index is 0.253. The van der Waals surface area contributed by atoms with Crippen LogP contribution in [-0.4, -0.2) is 12.1 Å². The molecule has 0 saturated heterocycles. The molecule has 0 bridgehead atoms. The molecule has 0 aliphatic heterocycles. The van der Waals surface area contributed by atoms with Crippen molar-refractivity contribution in [3.8, 4) is 0 Å². The van der Waals surface area contributed by atoms with Gasteiger partial charge in [-0.05, 0) is 30.6 Å². The minimum Gasteiger partial charge on any atom is -0.328 e. The van der Waals surface area contributed by atoms with Gasteiger partial charge in [0.2, 0.25) is 0 Å². The van der Waals surface area contributed by atoms with E-state index in [1.165, 1.54) is 0 Å². The summed E-state index contributed by atoms with van der Waals surface area (Å²) in [6, 6.07) is 0.524. The number of hydrogen-bond acceptors (Lipinski definition) is 2. The van der Waals surface area contributed by atoms with Gasteiger partial charge in [-0.3, -0.25) is 0 Å². The fourth-order valence-electron chi connectivity index (χ4n) is 1.96. The third-order valence-electron chi connectivity index (χ3n) is 2.25. The fraction of sp³-hybridized carbons (Fsp3) is 1.00. The summed E-state index contributed by atoms with van der Waals surface area (Å²) in [4.78, 5) is 0. The van der Waals surface area contributed by atoms with E-state index in [0.29, 0.717) is 11.3 Å². The van der Waals surface area contributed by atoms with Crippen molar-refractivity contribution < 1.29 is 0 Å². The molecule has 2 nitrogen and oxygen atoms in total. The highest BCUT2D eigenvalue weighted by molar-refractivity contribution is 4.76. The zero-order valence-corrected chi connectivity index (χ0v) is 10.5. The first-order valence-electron chi connectivity index (χ1n) is 5.72. The molecule has 14 heavy (non-hydrogen) atoms. The maximum Gasteiger partial charge on any atom is 0.00585 e. The Morgan fingerprint density at radius 3 is 1.79 bits per heavy atom. The van der Waals surface area contributed by atoms with Gasteiger partial charge in [0, 0.05) is 12.1 Å². The molecule has 86 valence electrons. The van der Waals surface area contributed by atoms with Crippen molar-refractivity contribution >= 4 is 0 Å². The van der Waals surface area contributed by atoms with Crippen LogP contribution in [0, 0.1) is 11.3 Å². The summed E-state index contributed by atoms with van der Waals surface area (Å²) < 4.78 is 0. The smallest absolute Gasteiger partial charge is 0.00585 e. The van der Waals surface area contributed by atoms with Gasteiger partial charge in [-0.1, -0.05) is 34.6 Å². The lowest BCUT2D eigenvalue weighted by Crippen LogP contribution is -2.34. The molecule has 0 aromatic rings. The number of rotatable bonds is 5. The van der Waals surface area contributed by atoms with Crippen molar-refractivity contribution in [2.45, 2.75) is 66.0 Å². The highest BCUT2D eigenvalue weighted by atomic mass is 14.7. The largest absolute Gasteiger partial charge is 0.328 e. The Balaban J connectivity index is 3.76. The SMILES string of the molecule is CC(C)CC(N)CC(N)CC(C)(C)C. The van der Waals surface area contributed by atoms with Crippen LogP contribution in [0.3, 0.4) is 0 Å².